The summed E-state index contributed by atoms with van der Waals surface area (Å²) in [5.74, 6) is -1.46. The van der Waals surface area contributed by atoms with E-state index in [0.717, 1.165) is 33.5 Å². The highest BCUT2D eigenvalue weighted by Gasteiger charge is 2.14. The molecule has 0 unspecified atom stereocenters. The van der Waals surface area contributed by atoms with Crippen LogP contribution in [0.3, 0.4) is 0 Å². The van der Waals surface area contributed by atoms with Crippen LogP contribution >= 0.6 is 15.9 Å². The van der Waals surface area contributed by atoms with Gasteiger partial charge < -0.3 is 9.88 Å². The van der Waals surface area contributed by atoms with Crippen LogP contribution in [0.2, 0.25) is 0 Å². The van der Waals surface area contributed by atoms with E-state index in [4.69, 9.17) is 0 Å². The number of halogens is 1. The molecule has 2 aromatic rings. The maximum absolute atomic E-state index is 11.8. The lowest BCUT2D eigenvalue weighted by atomic mass is 10.2. The van der Waals surface area contributed by atoms with Crippen LogP contribution in [0.5, 0.6) is 0 Å². The predicted octanol–water partition coefficient (Wildman–Crippen LogP) is 3.22. The first kappa shape index (κ1) is 19.9. The highest BCUT2D eigenvalue weighted by Crippen LogP contribution is 2.22. The third-order valence-electron chi connectivity index (χ3n) is 4.10. The van der Waals surface area contributed by atoms with Crippen molar-refractivity contribution in [2.24, 2.45) is 5.10 Å². The average molecular weight is 419 g/mol. The zero-order valence-corrected chi connectivity index (χ0v) is 16.9. The summed E-state index contributed by atoms with van der Waals surface area (Å²) in [5.41, 5.74) is 6.20. The van der Waals surface area contributed by atoms with Crippen LogP contribution in [-0.4, -0.2) is 28.6 Å². The van der Waals surface area contributed by atoms with E-state index in [2.05, 4.69) is 36.3 Å². The van der Waals surface area contributed by atoms with Crippen LogP contribution in [0.1, 0.15) is 37.2 Å². The molecule has 0 saturated carbocycles. The predicted molar refractivity (Wildman–Crippen MR) is 107 cm³/mol. The second-order valence-electron chi connectivity index (χ2n) is 6.12. The zero-order chi connectivity index (χ0) is 19.3. The molecule has 1 aromatic heterocycles. The van der Waals surface area contributed by atoms with Crippen molar-refractivity contribution >= 4 is 34.0 Å². The molecule has 0 bridgehead atoms. The molecular formula is C19H23BrN4O2. The smallest absolute Gasteiger partial charge is 0.329 e. The minimum atomic E-state index is -0.776. The van der Waals surface area contributed by atoms with Crippen LogP contribution in [0.15, 0.2) is 39.9 Å². The molecular weight excluding hydrogens is 396 g/mol. The summed E-state index contributed by atoms with van der Waals surface area (Å²) in [6.07, 6.45) is 2.30. The molecule has 0 spiro atoms. The number of benzene rings is 1. The van der Waals surface area contributed by atoms with Crippen LogP contribution in [-0.2, 0) is 9.59 Å². The van der Waals surface area contributed by atoms with Gasteiger partial charge in [-0.25, -0.2) is 5.43 Å². The summed E-state index contributed by atoms with van der Waals surface area (Å²) in [5, 5.41) is 6.51. The molecule has 0 radical (unpaired) electrons. The zero-order valence-electron chi connectivity index (χ0n) is 15.3. The Morgan fingerprint density at radius 3 is 2.65 bits per heavy atom. The Labute approximate surface area is 161 Å². The molecule has 1 heterocycles. The molecule has 1 atom stereocenters. The van der Waals surface area contributed by atoms with Crippen molar-refractivity contribution in [3.05, 3.63) is 51.8 Å². The lowest BCUT2D eigenvalue weighted by molar-refractivity contribution is -0.139. The van der Waals surface area contributed by atoms with E-state index in [0.29, 0.717) is 0 Å². The quantitative estimate of drug-likeness (QED) is 0.444. The average Bonchev–Trinajstić information content (AvgIpc) is 2.88. The molecule has 0 aliphatic rings. The van der Waals surface area contributed by atoms with E-state index >= 15 is 0 Å². The van der Waals surface area contributed by atoms with E-state index in [1.54, 1.807) is 6.21 Å². The molecule has 0 fully saturated rings. The molecule has 0 aliphatic heterocycles. The van der Waals surface area contributed by atoms with Crippen LogP contribution < -0.4 is 10.7 Å². The van der Waals surface area contributed by atoms with Gasteiger partial charge in [0.15, 0.2) is 0 Å². The molecule has 6 nitrogen and oxygen atoms in total. The Bertz CT molecular complexity index is 842. The van der Waals surface area contributed by atoms with Gasteiger partial charge in [0.05, 0.1) is 6.21 Å². The third-order valence-corrected chi connectivity index (χ3v) is 4.60. The summed E-state index contributed by atoms with van der Waals surface area (Å²) in [6.45, 7) is 7.75. The second kappa shape index (κ2) is 8.80. The van der Waals surface area contributed by atoms with Crippen molar-refractivity contribution in [1.29, 1.82) is 0 Å². The first-order valence-electron chi connectivity index (χ1n) is 8.42. The highest BCUT2D eigenvalue weighted by atomic mass is 79.9. The number of carbonyl (C=O) groups excluding carboxylic acids is 2. The summed E-state index contributed by atoms with van der Waals surface area (Å²) >= 11 is 3.48. The molecule has 26 heavy (non-hydrogen) atoms. The van der Waals surface area contributed by atoms with Gasteiger partial charge in [0.2, 0.25) is 0 Å². The van der Waals surface area contributed by atoms with Gasteiger partial charge in [0.25, 0.3) is 0 Å². The summed E-state index contributed by atoms with van der Waals surface area (Å²) in [6, 6.07) is 9.92. The first-order valence-corrected chi connectivity index (χ1v) is 9.21. The lowest BCUT2D eigenvalue weighted by Crippen LogP contribution is -2.41. The van der Waals surface area contributed by atoms with E-state index in [-0.39, 0.29) is 6.04 Å². The fourth-order valence-electron chi connectivity index (χ4n) is 2.53. The number of amides is 2. The summed E-state index contributed by atoms with van der Waals surface area (Å²) < 4.78 is 3.10. The lowest BCUT2D eigenvalue weighted by Gasteiger charge is -2.10. The minimum Gasteiger partial charge on any atom is -0.345 e. The Balaban J connectivity index is 2.11. The standard InChI is InChI=1S/C19H23BrN4O2/c1-5-12(2)22-18(25)19(26)23-21-11-15-9-13(3)24(14(15)4)17-8-6-7-16(20)10-17/h6-12H,5H2,1-4H3,(H,22,25)(H,23,26)/b21-11-/t12-/m1/s1. The molecule has 0 saturated heterocycles. The number of nitrogens with one attached hydrogen (secondary N) is 2. The van der Waals surface area contributed by atoms with Gasteiger partial charge in [-0.2, -0.15) is 5.10 Å². The maximum atomic E-state index is 11.8. The highest BCUT2D eigenvalue weighted by molar-refractivity contribution is 9.10. The van der Waals surface area contributed by atoms with Crippen molar-refractivity contribution in [3.63, 3.8) is 0 Å². The van der Waals surface area contributed by atoms with Gasteiger partial charge in [0.1, 0.15) is 0 Å². The second-order valence-corrected chi connectivity index (χ2v) is 7.04. The summed E-state index contributed by atoms with van der Waals surface area (Å²) in [4.78, 5) is 23.4. The minimum absolute atomic E-state index is 0.0543. The monoisotopic (exact) mass is 418 g/mol. The Morgan fingerprint density at radius 1 is 1.27 bits per heavy atom. The molecule has 2 N–H and O–H groups in total. The SMILES string of the molecule is CC[C@@H](C)NC(=O)C(=O)N/N=C\c1cc(C)n(-c2cccc(Br)c2)c1C. The maximum Gasteiger partial charge on any atom is 0.329 e. The normalized spacial score (nSPS) is 12.2. The fraction of sp³-hybridized carbons (Fsp3) is 0.316. The van der Waals surface area contributed by atoms with Crippen molar-refractivity contribution in [1.82, 2.24) is 15.3 Å². The van der Waals surface area contributed by atoms with E-state index in [9.17, 15) is 9.59 Å². The van der Waals surface area contributed by atoms with E-state index in [1.165, 1.54) is 0 Å². The van der Waals surface area contributed by atoms with Crippen LogP contribution in [0.25, 0.3) is 5.69 Å². The molecule has 138 valence electrons. The largest absolute Gasteiger partial charge is 0.345 e. The van der Waals surface area contributed by atoms with Gasteiger partial charge in [-0.1, -0.05) is 28.9 Å². The number of aryl methyl sites for hydroxylation is 1. The van der Waals surface area contributed by atoms with E-state index < -0.39 is 11.8 Å². The number of hydrogen-bond acceptors (Lipinski definition) is 3. The number of hydrogen-bond donors (Lipinski definition) is 2. The topological polar surface area (TPSA) is 75.5 Å². The van der Waals surface area contributed by atoms with Crippen molar-refractivity contribution < 1.29 is 9.59 Å². The van der Waals surface area contributed by atoms with Gasteiger partial charge in [-0.15, -0.1) is 0 Å². The van der Waals surface area contributed by atoms with Gasteiger partial charge >= 0.3 is 11.8 Å². The molecule has 1 aromatic carbocycles. The number of aromatic nitrogens is 1. The first-order chi connectivity index (χ1) is 12.3. The number of rotatable bonds is 5. The van der Waals surface area contributed by atoms with Crippen LogP contribution in [0, 0.1) is 13.8 Å². The van der Waals surface area contributed by atoms with Crippen LogP contribution in [0.4, 0.5) is 0 Å². The molecule has 0 aliphatic carbocycles. The Morgan fingerprint density at radius 2 is 2.00 bits per heavy atom. The molecule has 2 amide bonds. The Hall–Kier alpha value is -2.41. The number of carbonyl (C=O) groups is 2. The fourth-order valence-corrected chi connectivity index (χ4v) is 2.92. The van der Waals surface area contributed by atoms with Crippen molar-refractivity contribution in [3.8, 4) is 5.69 Å². The van der Waals surface area contributed by atoms with Gasteiger partial charge in [-0.05, 0) is 51.5 Å². The van der Waals surface area contributed by atoms with E-state index in [1.807, 2.05) is 58.0 Å². The summed E-state index contributed by atoms with van der Waals surface area (Å²) in [7, 11) is 0. The van der Waals surface area contributed by atoms with Crippen molar-refractivity contribution in [2.75, 3.05) is 0 Å². The van der Waals surface area contributed by atoms with Gasteiger partial charge in [-0.3, -0.25) is 9.59 Å². The molecule has 7 heteroatoms. The Kier molecular flexibility index (Phi) is 6.74. The number of nitrogens with zero attached hydrogens (tertiary/aromatic N) is 2. The number of hydrazone groups is 1. The van der Waals surface area contributed by atoms with Gasteiger partial charge in [0, 0.05) is 33.2 Å². The third kappa shape index (κ3) is 4.82. The molecule has 2 rings (SSSR count). The van der Waals surface area contributed by atoms with Crippen molar-refractivity contribution in [2.45, 2.75) is 40.2 Å².